The number of aliphatic hydroxyl groups excluding tert-OH is 2. The summed E-state index contributed by atoms with van der Waals surface area (Å²) in [6.45, 7) is 0. The number of carbonyl (C=O) groups excluding carboxylic acids is 2. The zero-order valence-corrected chi connectivity index (χ0v) is 11.8. The van der Waals surface area contributed by atoms with Crippen molar-refractivity contribution >= 4 is 36.4 Å². The predicted molar refractivity (Wildman–Crippen MR) is 27.8 cm³/mol. The van der Waals surface area contributed by atoms with Crippen LogP contribution in [0.3, 0.4) is 0 Å². The largest absolute Gasteiger partial charge is 3.00 e. The first-order chi connectivity index (χ1) is 4.46. The van der Waals surface area contributed by atoms with Crippen LogP contribution in [0.15, 0.2) is 0 Å². The Bertz CT molecular complexity index is 144. The predicted octanol–water partition coefficient (Wildman–Crippen LogP) is -8.17. The van der Waals surface area contributed by atoms with Crippen LogP contribution in [0.5, 0.6) is 0 Å². The van der Waals surface area contributed by atoms with Gasteiger partial charge in [0.2, 0.25) is 0 Å². The van der Waals surface area contributed by atoms with Crippen molar-refractivity contribution in [1.82, 2.24) is 0 Å². The van der Waals surface area contributed by atoms with E-state index in [-0.39, 0.29) is 75.8 Å². The van der Waals surface area contributed by atoms with Gasteiger partial charge in [0.1, 0.15) is 12.2 Å². The minimum atomic E-state index is -2.44. The van der Waals surface area contributed by atoms with Crippen LogP contribution in [0, 0.1) is 0 Å². The molecular weight excluding hydrogens is 305 g/mol. The summed E-state index contributed by atoms with van der Waals surface area (Å²) in [7, 11) is 0. The molecule has 2 atom stereocenters. The Labute approximate surface area is 128 Å². The van der Waals surface area contributed by atoms with Gasteiger partial charge >= 0.3 is 75.8 Å². The van der Waals surface area contributed by atoms with Crippen LogP contribution in [0.4, 0.5) is 0 Å². The van der Waals surface area contributed by atoms with Gasteiger partial charge in [-0.15, -0.1) is 0 Å². The fraction of sp³-hybridized carbons (Fsp3) is 0.500. The summed E-state index contributed by atoms with van der Waals surface area (Å²) < 4.78 is 0. The van der Waals surface area contributed by atoms with Crippen LogP contribution >= 0.6 is 0 Å². The average Bonchev–Trinajstić information content (AvgIpc) is 1.84. The average molecular weight is 309 g/mol. The van der Waals surface area contributed by atoms with E-state index in [4.69, 9.17) is 10.2 Å². The van der Waals surface area contributed by atoms with E-state index < -0.39 is 24.1 Å². The number of carboxylic acid groups (broad SMARTS) is 2. The van der Waals surface area contributed by atoms with Gasteiger partial charge in [-0.3, -0.25) is 0 Å². The van der Waals surface area contributed by atoms with Crippen LogP contribution in [-0.2, 0) is 9.59 Å². The van der Waals surface area contributed by atoms with Gasteiger partial charge in [0.25, 0.3) is 0 Å². The number of hydrogen-bond acceptors (Lipinski definition) is 6. The number of aliphatic carboxylic acids is 2. The third-order valence-electron chi connectivity index (χ3n) is 0.782. The molecule has 0 aromatic rings. The van der Waals surface area contributed by atoms with E-state index >= 15 is 0 Å². The van der Waals surface area contributed by atoms with Crippen LogP contribution in [0.1, 0.15) is 0 Å². The molecule has 0 aromatic heterocycles. The number of aliphatic hydroxyl groups is 2. The van der Waals surface area contributed by atoms with Crippen LogP contribution in [-0.4, -0.2) is 58.8 Å². The molecule has 0 rings (SSSR count). The van der Waals surface area contributed by atoms with Crippen molar-refractivity contribution in [3.63, 3.8) is 0 Å². The third kappa shape index (κ3) is 6.79. The summed E-state index contributed by atoms with van der Waals surface area (Å²) in [4.78, 5) is 19.3. The molecule has 60 valence electrons. The maximum Gasteiger partial charge on any atom is 3.00 e. The second kappa shape index (κ2) is 8.89. The van der Waals surface area contributed by atoms with Crippen molar-refractivity contribution in [2.24, 2.45) is 0 Å². The van der Waals surface area contributed by atoms with E-state index in [2.05, 4.69) is 0 Å². The molecule has 0 aliphatic rings. The number of rotatable bonds is 3. The van der Waals surface area contributed by atoms with Crippen molar-refractivity contribution in [1.29, 1.82) is 0 Å². The van der Waals surface area contributed by atoms with Gasteiger partial charge in [-0.25, -0.2) is 0 Å². The minimum absolute atomic E-state index is 0. The molecule has 0 saturated heterocycles. The first-order valence-corrected chi connectivity index (χ1v) is 2.24. The Morgan fingerprint density at radius 3 is 1.25 bits per heavy atom. The normalized spacial score (nSPS) is 13.2. The molecule has 6 nitrogen and oxygen atoms in total. The van der Waals surface area contributed by atoms with Gasteiger partial charge < -0.3 is 30.0 Å². The topological polar surface area (TPSA) is 121 Å². The first-order valence-electron chi connectivity index (χ1n) is 2.24. The number of hydrogen-bond donors (Lipinski definition) is 2. The van der Waals surface area contributed by atoms with E-state index in [9.17, 15) is 19.8 Å². The molecule has 8 heteroatoms. The summed E-state index contributed by atoms with van der Waals surface area (Å²) in [5, 5.41) is 35.7. The zero-order valence-electron chi connectivity index (χ0n) is 6.13. The van der Waals surface area contributed by atoms with E-state index in [0.29, 0.717) is 0 Å². The number of carbonyl (C=O) groups is 2. The van der Waals surface area contributed by atoms with Crippen molar-refractivity contribution in [3.8, 4) is 0 Å². The number of carboxylic acids is 2. The van der Waals surface area contributed by atoms with E-state index in [1.807, 2.05) is 0 Å². The Kier molecular flexibility index (Phi) is 14.1. The van der Waals surface area contributed by atoms with Crippen LogP contribution in [0.2, 0.25) is 0 Å². The SMILES string of the molecule is O=C([O-])[C@H](O)[C@@H](O)C(=O)[O-].[K+].[Sb+3]. The Morgan fingerprint density at radius 2 is 1.17 bits per heavy atom. The fourth-order valence-corrected chi connectivity index (χ4v) is 0.258. The molecule has 2 radical (unpaired) electrons. The quantitative estimate of drug-likeness (QED) is 0.500. The monoisotopic (exact) mass is 308 g/mol. The molecule has 0 aliphatic carbocycles. The Morgan fingerprint density at radius 1 is 1.00 bits per heavy atom. The fourth-order valence-electron chi connectivity index (χ4n) is 0.258. The molecule has 0 saturated carbocycles. The first kappa shape index (κ1) is 19.0. The summed E-state index contributed by atoms with van der Waals surface area (Å²) in [5.41, 5.74) is 0. The third-order valence-corrected chi connectivity index (χ3v) is 0.782. The molecule has 0 unspecified atom stereocenters. The molecule has 2 N–H and O–H groups in total. The van der Waals surface area contributed by atoms with Gasteiger partial charge in [-0.2, -0.15) is 0 Å². The van der Waals surface area contributed by atoms with Crippen LogP contribution < -0.4 is 61.6 Å². The summed E-state index contributed by atoms with van der Waals surface area (Å²) in [5.74, 6) is -4.12. The Hall–Kier alpha value is 1.31. The summed E-state index contributed by atoms with van der Waals surface area (Å²) in [6.07, 6.45) is -4.88. The maximum atomic E-state index is 9.63. The molecule has 0 heterocycles. The Balaban J connectivity index is -0.000000405. The molecule has 0 bridgehead atoms. The molecule has 0 aromatic carbocycles. The van der Waals surface area contributed by atoms with E-state index in [0.717, 1.165) is 0 Å². The molecule has 0 spiro atoms. The zero-order chi connectivity index (χ0) is 8.31. The van der Waals surface area contributed by atoms with Gasteiger partial charge in [-0.05, 0) is 0 Å². The molecule has 0 aliphatic heterocycles. The van der Waals surface area contributed by atoms with Gasteiger partial charge in [0.05, 0.1) is 11.9 Å². The molecule has 0 fully saturated rings. The van der Waals surface area contributed by atoms with Crippen molar-refractivity contribution in [2.75, 3.05) is 0 Å². The van der Waals surface area contributed by atoms with Gasteiger partial charge in [0.15, 0.2) is 0 Å². The maximum absolute atomic E-state index is 9.63. The van der Waals surface area contributed by atoms with Gasteiger partial charge in [0, 0.05) is 0 Å². The summed E-state index contributed by atoms with van der Waals surface area (Å²) in [6, 6.07) is 0. The van der Waals surface area contributed by atoms with Crippen molar-refractivity contribution in [2.45, 2.75) is 12.2 Å². The standard InChI is InChI=1S/C4H6O6.K.Sb/c5-1(3(7)8)2(6)4(9)10;;/h1-2,5-6H,(H,7,8)(H,9,10);;/q;+1;+3/p-2/t1-,2-;;/m1../s1. The minimum Gasteiger partial charge on any atom is -0.547 e. The summed E-state index contributed by atoms with van der Waals surface area (Å²) >= 11 is 0. The second-order valence-electron chi connectivity index (χ2n) is 1.53. The van der Waals surface area contributed by atoms with E-state index in [1.165, 1.54) is 0 Å². The molecule has 12 heavy (non-hydrogen) atoms. The van der Waals surface area contributed by atoms with Crippen molar-refractivity contribution < 1.29 is 81.4 Å². The van der Waals surface area contributed by atoms with Gasteiger partial charge in [-0.1, -0.05) is 0 Å². The van der Waals surface area contributed by atoms with E-state index in [1.54, 1.807) is 0 Å². The molecule has 0 amide bonds. The van der Waals surface area contributed by atoms with Crippen LogP contribution in [0.25, 0.3) is 0 Å². The second-order valence-corrected chi connectivity index (χ2v) is 1.53. The van der Waals surface area contributed by atoms with Crippen molar-refractivity contribution in [3.05, 3.63) is 0 Å². The smallest absolute Gasteiger partial charge is 0.547 e. The molecular formula is C4H4KO6Sb+2.